The van der Waals surface area contributed by atoms with Gasteiger partial charge in [0.2, 0.25) is 5.91 Å². The SMILES string of the molecule is CCC(C)n1nccc1NC(=O)C(C)Sc1ccc(OC)cc1. The fourth-order valence-corrected chi connectivity index (χ4v) is 2.94. The summed E-state index contributed by atoms with van der Waals surface area (Å²) in [5.74, 6) is 1.52. The molecule has 124 valence electrons. The average molecular weight is 333 g/mol. The van der Waals surface area contributed by atoms with E-state index < -0.39 is 0 Å². The third-order valence-corrected chi connectivity index (χ3v) is 4.78. The largest absolute Gasteiger partial charge is 0.497 e. The van der Waals surface area contributed by atoms with Crippen LogP contribution in [0.1, 0.15) is 33.2 Å². The Balaban J connectivity index is 1.98. The smallest absolute Gasteiger partial charge is 0.238 e. The van der Waals surface area contributed by atoms with Crippen LogP contribution in [0, 0.1) is 0 Å². The van der Waals surface area contributed by atoms with Gasteiger partial charge in [-0.3, -0.25) is 4.79 Å². The quantitative estimate of drug-likeness (QED) is 0.779. The van der Waals surface area contributed by atoms with Crippen LogP contribution in [-0.4, -0.2) is 28.0 Å². The number of aromatic nitrogens is 2. The molecule has 2 unspecified atom stereocenters. The van der Waals surface area contributed by atoms with Gasteiger partial charge >= 0.3 is 0 Å². The summed E-state index contributed by atoms with van der Waals surface area (Å²) < 4.78 is 6.99. The molecule has 2 aromatic rings. The van der Waals surface area contributed by atoms with Crippen LogP contribution in [0.3, 0.4) is 0 Å². The summed E-state index contributed by atoms with van der Waals surface area (Å²) in [6, 6.07) is 9.78. The molecule has 2 atom stereocenters. The highest BCUT2D eigenvalue weighted by molar-refractivity contribution is 8.00. The Bertz CT molecular complexity index is 640. The molecule has 1 heterocycles. The number of rotatable bonds is 7. The molecule has 5 nitrogen and oxygen atoms in total. The summed E-state index contributed by atoms with van der Waals surface area (Å²) in [5.41, 5.74) is 0. The molecule has 23 heavy (non-hydrogen) atoms. The maximum absolute atomic E-state index is 12.4. The number of hydrogen-bond acceptors (Lipinski definition) is 4. The van der Waals surface area contributed by atoms with Crippen molar-refractivity contribution in [1.29, 1.82) is 0 Å². The Morgan fingerprint density at radius 2 is 2.00 bits per heavy atom. The number of nitrogens with one attached hydrogen (secondary N) is 1. The summed E-state index contributed by atoms with van der Waals surface area (Å²) in [5, 5.41) is 7.04. The predicted molar refractivity (Wildman–Crippen MR) is 94.2 cm³/mol. The minimum absolute atomic E-state index is 0.0316. The van der Waals surface area contributed by atoms with Crippen molar-refractivity contribution in [2.24, 2.45) is 0 Å². The van der Waals surface area contributed by atoms with Crippen molar-refractivity contribution in [2.75, 3.05) is 12.4 Å². The van der Waals surface area contributed by atoms with Gasteiger partial charge in [0.15, 0.2) is 0 Å². The number of amides is 1. The molecule has 2 rings (SSSR count). The van der Waals surface area contributed by atoms with Crippen LogP contribution in [0.2, 0.25) is 0 Å². The number of carbonyl (C=O) groups excluding carboxylic acids is 1. The van der Waals surface area contributed by atoms with Crippen molar-refractivity contribution >= 4 is 23.5 Å². The number of thioether (sulfide) groups is 1. The number of ether oxygens (including phenoxy) is 1. The van der Waals surface area contributed by atoms with Crippen LogP contribution in [0.15, 0.2) is 41.4 Å². The van der Waals surface area contributed by atoms with Gasteiger partial charge in [0.25, 0.3) is 0 Å². The van der Waals surface area contributed by atoms with E-state index in [1.807, 2.05) is 41.9 Å². The molecule has 1 amide bonds. The lowest BCUT2D eigenvalue weighted by molar-refractivity contribution is -0.115. The normalized spacial score (nSPS) is 13.4. The van der Waals surface area contributed by atoms with Gasteiger partial charge in [-0.05, 0) is 44.5 Å². The van der Waals surface area contributed by atoms with Crippen LogP contribution in [0.4, 0.5) is 5.82 Å². The third kappa shape index (κ3) is 4.51. The molecule has 1 N–H and O–H groups in total. The fourth-order valence-electron chi connectivity index (χ4n) is 2.08. The summed E-state index contributed by atoms with van der Waals surface area (Å²) in [4.78, 5) is 13.4. The van der Waals surface area contributed by atoms with E-state index in [4.69, 9.17) is 4.74 Å². The van der Waals surface area contributed by atoms with Crippen LogP contribution >= 0.6 is 11.8 Å². The van der Waals surface area contributed by atoms with E-state index in [2.05, 4.69) is 24.3 Å². The molecule has 0 bridgehead atoms. The lowest BCUT2D eigenvalue weighted by atomic mass is 10.3. The zero-order chi connectivity index (χ0) is 16.8. The molecule has 6 heteroatoms. The van der Waals surface area contributed by atoms with E-state index in [-0.39, 0.29) is 17.2 Å². The zero-order valence-corrected chi connectivity index (χ0v) is 14.8. The highest BCUT2D eigenvalue weighted by atomic mass is 32.2. The second-order valence-corrected chi connectivity index (χ2v) is 6.76. The second kappa shape index (κ2) is 8.06. The monoisotopic (exact) mass is 333 g/mol. The van der Waals surface area contributed by atoms with Gasteiger partial charge < -0.3 is 10.1 Å². The van der Waals surface area contributed by atoms with E-state index in [1.165, 1.54) is 11.8 Å². The maximum atomic E-state index is 12.4. The number of carbonyl (C=O) groups is 1. The summed E-state index contributed by atoms with van der Waals surface area (Å²) in [6.45, 7) is 6.08. The molecule has 0 aliphatic heterocycles. The first-order valence-corrected chi connectivity index (χ1v) is 8.58. The van der Waals surface area contributed by atoms with E-state index in [9.17, 15) is 4.79 Å². The highest BCUT2D eigenvalue weighted by Gasteiger charge is 2.17. The Labute approximate surface area is 141 Å². The Morgan fingerprint density at radius 1 is 1.30 bits per heavy atom. The number of nitrogens with zero attached hydrogens (tertiary/aromatic N) is 2. The lowest BCUT2D eigenvalue weighted by Gasteiger charge is -2.16. The first-order chi connectivity index (χ1) is 11.0. The minimum atomic E-state index is -0.205. The van der Waals surface area contributed by atoms with Gasteiger partial charge in [0.1, 0.15) is 11.6 Å². The van der Waals surface area contributed by atoms with E-state index >= 15 is 0 Å². The second-order valence-electron chi connectivity index (χ2n) is 5.34. The molecule has 0 spiro atoms. The average Bonchev–Trinajstić information content (AvgIpc) is 3.02. The first kappa shape index (κ1) is 17.4. The molecular formula is C17H23N3O2S. The molecule has 1 aromatic heterocycles. The number of hydrogen-bond donors (Lipinski definition) is 1. The third-order valence-electron chi connectivity index (χ3n) is 3.67. The van der Waals surface area contributed by atoms with Gasteiger partial charge in [0.05, 0.1) is 24.6 Å². The van der Waals surface area contributed by atoms with Crippen molar-refractivity contribution in [1.82, 2.24) is 9.78 Å². The van der Waals surface area contributed by atoms with Crippen LogP contribution in [0.5, 0.6) is 5.75 Å². The molecule has 0 saturated carbocycles. The van der Waals surface area contributed by atoms with Crippen molar-refractivity contribution in [3.05, 3.63) is 36.5 Å². The summed E-state index contributed by atoms with van der Waals surface area (Å²) >= 11 is 1.52. The summed E-state index contributed by atoms with van der Waals surface area (Å²) in [7, 11) is 1.64. The summed E-state index contributed by atoms with van der Waals surface area (Å²) in [6.07, 6.45) is 2.67. The molecule has 0 aliphatic carbocycles. The van der Waals surface area contributed by atoms with Crippen LogP contribution in [0.25, 0.3) is 0 Å². The van der Waals surface area contributed by atoms with Crippen molar-refractivity contribution < 1.29 is 9.53 Å². The van der Waals surface area contributed by atoms with Crippen molar-refractivity contribution in [2.45, 2.75) is 43.4 Å². The Kier molecular flexibility index (Phi) is 6.10. The van der Waals surface area contributed by atoms with Crippen LogP contribution in [-0.2, 0) is 4.79 Å². The molecule has 0 aliphatic rings. The van der Waals surface area contributed by atoms with E-state index in [0.717, 1.165) is 22.9 Å². The number of benzene rings is 1. The number of anilines is 1. The molecule has 0 saturated heterocycles. The molecule has 0 radical (unpaired) electrons. The first-order valence-electron chi connectivity index (χ1n) is 7.70. The maximum Gasteiger partial charge on any atom is 0.238 e. The Hall–Kier alpha value is -1.95. The van der Waals surface area contributed by atoms with Gasteiger partial charge in [0, 0.05) is 11.0 Å². The van der Waals surface area contributed by atoms with E-state index in [1.54, 1.807) is 13.3 Å². The molecule has 0 fully saturated rings. The molecular weight excluding hydrogens is 310 g/mol. The van der Waals surface area contributed by atoms with Crippen molar-refractivity contribution in [3.63, 3.8) is 0 Å². The Morgan fingerprint density at radius 3 is 2.61 bits per heavy atom. The minimum Gasteiger partial charge on any atom is -0.497 e. The zero-order valence-electron chi connectivity index (χ0n) is 13.9. The fraction of sp³-hybridized carbons (Fsp3) is 0.412. The standard InChI is InChI=1S/C17H23N3O2S/c1-5-12(2)20-16(10-11-18-20)19-17(21)13(3)23-15-8-6-14(22-4)7-9-15/h6-13H,5H2,1-4H3,(H,19,21). The van der Waals surface area contributed by atoms with Crippen molar-refractivity contribution in [3.8, 4) is 5.75 Å². The molecule has 1 aromatic carbocycles. The number of methoxy groups -OCH3 is 1. The lowest BCUT2D eigenvalue weighted by Crippen LogP contribution is -2.24. The van der Waals surface area contributed by atoms with Crippen LogP contribution < -0.4 is 10.1 Å². The highest BCUT2D eigenvalue weighted by Crippen LogP contribution is 2.26. The van der Waals surface area contributed by atoms with Gasteiger partial charge in [-0.25, -0.2) is 4.68 Å². The topological polar surface area (TPSA) is 56.2 Å². The predicted octanol–water partition coefficient (Wildman–Crippen LogP) is 3.98. The van der Waals surface area contributed by atoms with Gasteiger partial charge in [-0.2, -0.15) is 5.10 Å². The van der Waals surface area contributed by atoms with E-state index in [0.29, 0.717) is 0 Å². The van der Waals surface area contributed by atoms with Gasteiger partial charge in [-0.1, -0.05) is 6.92 Å². The van der Waals surface area contributed by atoms with Gasteiger partial charge in [-0.15, -0.1) is 11.8 Å².